The molecule has 4 aromatic rings. The van der Waals surface area contributed by atoms with Crippen LogP contribution in [0.4, 0.5) is 10.1 Å². The van der Waals surface area contributed by atoms with Crippen LogP contribution < -0.4 is 20.7 Å². The summed E-state index contributed by atoms with van der Waals surface area (Å²) in [6, 6.07) is 14.6. The number of methoxy groups -OCH3 is 1. The molecule has 0 aliphatic rings. The summed E-state index contributed by atoms with van der Waals surface area (Å²) in [5, 5.41) is 15.9. The molecule has 0 aliphatic heterocycles. The fourth-order valence-electron chi connectivity index (χ4n) is 3.28. The molecule has 11 heteroatoms. The number of H-pyrrole nitrogens is 1. The molecule has 0 fully saturated rings. The van der Waals surface area contributed by atoms with Crippen LogP contribution in [0.1, 0.15) is 11.1 Å². The van der Waals surface area contributed by atoms with E-state index < -0.39 is 27.7 Å². The number of nitro groups is 1. The number of hydrogen-bond donors (Lipinski definition) is 1. The zero-order valence-electron chi connectivity index (χ0n) is 17.7. The smallest absolute Gasteiger partial charge is 0.349 e. The summed E-state index contributed by atoms with van der Waals surface area (Å²) in [6.45, 7) is -0.135. The molecule has 1 N–H and O–H groups in total. The zero-order chi connectivity index (χ0) is 24.2. The lowest BCUT2D eigenvalue weighted by Gasteiger charge is -2.12. The van der Waals surface area contributed by atoms with Gasteiger partial charge in [-0.2, -0.15) is 5.10 Å². The molecule has 1 heterocycles. The number of para-hydroxylation sites is 1. The molecule has 172 valence electrons. The van der Waals surface area contributed by atoms with Crippen molar-refractivity contribution in [3.63, 3.8) is 0 Å². The van der Waals surface area contributed by atoms with Crippen LogP contribution in [0.15, 0.2) is 75.4 Å². The van der Waals surface area contributed by atoms with Crippen LogP contribution in [-0.2, 0) is 6.61 Å². The normalized spacial score (nSPS) is 11.1. The monoisotopic (exact) mass is 464 g/mol. The second kappa shape index (κ2) is 9.36. The average molecular weight is 464 g/mol. The second-order valence-electron chi connectivity index (χ2n) is 7.08. The first-order chi connectivity index (χ1) is 16.4. The van der Waals surface area contributed by atoms with E-state index >= 15 is 0 Å². The molecule has 4 rings (SSSR count). The van der Waals surface area contributed by atoms with Gasteiger partial charge in [-0.15, -0.1) is 4.68 Å². The number of aromatic amines is 1. The Balaban J connectivity index is 1.71. The number of ether oxygens (including phenoxy) is 2. The number of hydrogen-bond acceptors (Lipinski definition) is 7. The number of rotatable bonds is 7. The maximum atomic E-state index is 13.4. The Hall–Kier alpha value is -4.80. The molecule has 0 saturated carbocycles. The van der Waals surface area contributed by atoms with Crippen LogP contribution in [0.5, 0.6) is 11.5 Å². The topological polar surface area (TPSA) is 129 Å². The quantitative estimate of drug-likeness (QED) is 0.254. The summed E-state index contributed by atoms with van der Waals surface area (Å²) in [6.07, 6.45) is 1.12. The van der Waals surface area contributed by atoms with Gasteiger partial charge in [-0.25, -0.2) is 9.18 Å². The SMILES string of the molecule is COc1cc(C=Nn2c(=O)[nH]c3ccccc3c2=O)cc([N+](=O)[O-])c1OCc1cccc(F)c1. The maximum absolute atomic E-state index is 13.4. The Morgan fingerprint density at radius 1 is 1.15 bits per heavy atom. The van der Waals surface area contributed by atoms with E-state index in [9.17, 15) is 24.1 Å². The van der Waals surface area contributed by atoms with Gasteiger partial charge in [0.25, 0.3) is 5.56 Å². The molecule has 34 heavy (non-hydrogen) atoms. The minimum atomic E-state index is -0.767. The van der Waals surface area contributed by atoms with Crippen molar-refractivity contribution in [2.45, 2.75) is 6.61 Å². The van der Waals surface area contributed by atoms with Crippen molar-refractivity contribution in [3.05, 3.63) is 109 Å². The first-order valence-electron chi connectivity index (χ1n) is 9.89. The third kappa shape index (κ3) is 4.53. The summed E-state index contributed by atoms with van der Waals surface area (Å²) < 4.78 is 24.9. The molecule has 0 saturated heterocycles. The average Bonchev–Trinajstić information content (AvgIpc) is 2.82. The van der Waals surface area contributed by atoms with Crippen molar-refractivity contribution in [1.82, 2.24) is 9.66 Å². The Bertz CT molecular complexity index is 1540. The minimum absolute atomic E-state index is 0.0202. The van der Waals surface area contributed by atoms with Crippen molar-refractivity contribution in [1.29, 1.82) is 0 Å². The van der Waals surface area contributed by atoms with Gasteiger partial charge < -0.3 is 14.5 Å². The summed E-state index contributed by atoms with van der Waals surface area (Å²) >= 11 is 0. The van der Waals surface area contributed by atoms with Crippen LogP contribution >= 0.6 is 0 Å². The van der Waals surface area contributed by atoms with E-state index in [1.165, 1.54) is 37.4 Å². The predicted molar refractivity (Wildman–Crippen MR) is 122 cm³/mol. The van der Waals surface area contributed by atoms with Crippen LogP contribution in [0.2, 0.25) is 0 Å². The highest BCUT2D eigenvalue weighted by atomic mass is 19.1. The third-order valence-corrected chi connectivity index (χ3v) is 4.85. The third-order valence-electron chi connectivity index (χ3n) is 4.85. The van der Waals surface area contributed by atoms with E-state index in [0.29, 0.717) is 15.8 Å². The van der Waals surface area contributed by atoms with E-state index in [2.05, 4.69) is 10.1 Å². The Morgan fingerprint density at radius 2 is 1.94 bits per heavy atom. The molecule has 0 amide bonds. The first kappa shape index (κ1) is 22.4. The highest BCUT2D eigenvalue weighted by Gasteiger charge is 2.22. The highest BCUT2D eigenvalue weighted by molar-refractivity contribution is 5.83. The summed E-state index contributed by atoms with van der Waals surface area (Å²) in [4.78, 5) is 38.5. The lowest BCUT2D eigenvalue weighted by molar-refractivity contribution is -0.386. The van der Waals surface area contributed by atoms with Gasteiger partial charge in [0.1, 0.15) is 12.4 Å². The summed E-state index contributed by atoms with van der Waals surface area (Å²) in [7, 11) is 1.30. The minimum Gasteiger partial charge on any atom is -0.493 e. The molecular weight excluding hydrogens is 447 g/mol. The number of nitro benzene ring substituents is 1. The fourth-order valence-corrected chi connectivity index (χ4v) is 3.28. The summed E-state index contributed by atoms with van der Waals surface area (Å²) in [5.41, 5.74) is -0.834. The molecule has 10 nitrogen and oxygen atoms in total. The predicted octanol–water partition coefficient (Wildman–Crippen LogP) is 3.21. The van der Waals surface area contributed by atoms with Gasteiger partial charge in [0.05, 0.1) is 29.2 Å². The molecule has 0 bridgehead atoms. The van der Waals surface area contributed by atoms with Crippen molar-refractivity contribution in [2.24, 2.45) is 5.10 Å². The first-order valence-corrected chi connectivity index (χ1v) is 9.89. The van der Waals surface area contributed by atoms with Gasteiger partial charge in [-0.1, -0.05) is 24.3 Å². The molecule has 0 unspecified atom stereocenters. The number of nitrogens with zero attached hydrogens (tertiary/aromatic N) is 3. The van der Waals surface area contributed by atoms with E-state index in [4.69, 9.17) is 9.47 Å². The van der Waals surface area contributed by atoms with Gasteiger partial charge in [0.15, 0.2) is 5.75 Å². The van der Waals surface area contributed by atoms with E-state index in [1.807, 2.05) is 0 Å². The molecule has 0 atom stereocenters. The van der Waals surface area contributed by atoms with Gasteiger partial charge in [-0.3, -0.25) is 14.9 Å². The van der Waals surface area contributed by atoms with Crippen molar-refractivity contribution >= 4 is 22.8 Å². The highest BCUT2D eigenvalue weighted by Crippen LogP contribution is 2.38. The van der Waals surface area contributed by atoms with Gasteiger partial charge in [0, 0.05) is 11.6 Å². The molecule has 0 radical (unpaired) electrons. The van der Waals surface area contributed by atoms with Crippen LogP contribution in [0, 0.1) is 15.9 Å². The maximum Gasteiger partial charge on any atom is 0.349 e. The van der Waals surface area contributed by atoms with E-state index in [-0.39, 0.29) is 29.1 Å². The fraction of sp³-hybridized carbons (Fsp3) is 0.0870. The lowest BCUT2D eigenvalue weighted by Crippen LogP contribution is -2.32. The van der Waals surface area contributed by atoms with Gasteiger partial charge >= 0.3 is 11.4 Å². The van der Waals surface area contributed by atoms with Crippen molar-refractivity contribution in [3.8, 4) is 11.5 Å². The van der Waals surface area contributed by atoms with Crippen molar-refractivity contribution < 1.29 is 18.8 Å². The van der Waals surface area contributed by atoms with Gasteiger partial charge in [-0.05, 0) is 35.9 Å². The Kier molecular flexibility index (Phi) is 6.17. The zero-order valence-corrected chi connectivity index (χ0v) is 17.7. The number of halogens is 1. The number of aromatic nitrogens is 2. The molecular formula is C23H17FN4O6. The van der Waals surface area contributed by atoms with E-state index in [1.54, 1.807) is 24.3 Å². The lowest BCUT2D eigenvalue weighted by atomic mass is 10.1. The standard InChI is InChI=1S/C23H17FN4O6/c1-33-20-11-15(12-25-27-22(29)17-7-2-3-8-18(17)26-23(27)30)10-19(28(31)32)21(20)34-13-14-5-4-6-16(24)9-14/h2-12H,13H2,1H3,(H,26,30). The number of fused-ring (bicyclic) bond motifs is 1. The molecule has 1 aromatic heterocycles. The number of benzene rings is 3. The van der Waals surface area contributed by atoms with Gasteiger partial charge in [0.2, 0.25) is 5.75 Å². The Morgan fingerprint density at radius 3 is 2.68 bits per heavy atom. The summed E-state index contributed by atoms with van der Waals surface area (Å²) in [5.74, 6) is -0.602. The Labute approximate surface area is 190 Å². The van der Waals surface area contributed by atoms with Crippen LogP contribution in [-0.4, -0.2) is 27.9 Å². The van der Waals surface area contributed by atoms with E-state index in [0.717, 1.165) is 12.3 Å². The molecule has 0 aliphatic carbocycles. The molecule has 3 aromatic carbocycles. The van der Waals surface area contributed by atoms with Crippen molar-refractivity contribution in [2.75, 3.05) is 7.11 Å². The second-order valence-corrected chi connectivity index (χ2v) is 7.08. The van der Waals surface area contributed by atoms with Crippen LogP contribution in [0.25, 0.3) is 10.9 Å². The molecule has 0 spiro atoms. The number of nitrogens with one attached hydrogen (secondary N) is 1. The largest absolute Gasteiger partial charge is 0.493 e. The van der Waals surface area contributed by atoms with Crippen LogP contribution in [0.3, 0.4) is 0 Å².